The van der Waals surface area contributed by atoms with Crippen molar-refractivity contribution in [3.05, 3.63) is 89.7 Å². The smallest absolute Gasteiger partial charge is 0.257 e. The van der Waals surface area contributed by atoms with Gasteiger partial charge in [0, 0.05) is 50.8 Å². The van der Waals surface area contributed by atoms with Gasteiger partial charge in [-0.25, -0.2) is 8.42 Å². The van der Waals surface area contributed by atoms with Crippen LogP contribution >= 0.6 is 0 Å². The Balaban J connectivity index is 1.24. The lowest BCUT2D eigenvalue weighted by Gasteiger charge is -2.50. The van der Waals surface area contributed by atoms with E-state index in [0.717, 1.165) is 12.0 Å². The number of likely N-dealkylation sites (tertiary alicyclic amines) is 2. The van der Waals surface area contributed by atoms with Crippen molar-refractivity contribution >= 4 is 33.5 Å². The van der Waals surface area contributed by atoms with Crippen molar-refractivity contribution < 1.29 is 27.6 Å². The second-order valence-electron chi connectivity index (χ2n) is 15.4. The van der Waals surface area contributed by atoms with Gasteiger partial charge in [0.1, 0.15) is 6.04 Å². The predicted octanol–water partition coefficient (Wildman–Crippen LogP) is 2.50. The molecule has 2 aliphatic heterocycles. The van der Waals surface area contributed by atoms with Crippen LogP contribution in [0, 0.1) is 22.7 Å². The quantitative estimate of drug-likeness (QED) is 0.312. The molecule has 3 heterocycles. The summed E-state index contributed by atoms with van der Waals surface area (Å²) in [5.41, 5.74) is 1.15. The number of hydrogen-bond donors (Lipinski definition) is 2. The van der Waals surface area contributed by atoms with E-state index < -0.39 is 43.8 Å². The molecule has 1 aliphatic carbocycles. The van der Waals surface area contributed by atoms with Crippen molar-refractivity contribution in [3.8, 4) is 0 Å². The summed E-state index contributed by atoms with van der Waals surface area (Å²) < 4.78 is 27.6. The summed E-state index contributed by atoms with van der Waals surface area (Å²) in [6.07, 6.45) is 4.00. The molecule has 1 unspecified atom stereocenters. The van der Waals surface area contributed by atoms with E-state index >= 15 is 0 Å². The Morgan fingerprint density at radius 2 is 1.50 bits per heavy atom. The van der Waals surface area contributed by atoms with E-state index in [1.165, 1.54) is 27.1 Å². The molecule has 2 saturated heterocycles. The Labute approximate surface area is 293 Å². The molecule has 1 spiro atoms. The third kappa shape index (κ3) is 6.67. The summed E-state index contributed by atoms with van der Waals surface area (Å²) in [7, 11) is -2.58. The molecule has 3 fully saturated rings. The maximum absolute atomic E-state index is 14.3. The molecule has 266 valence electrons. The summed E-state index contributed by atoms with van der Waals surface area (Å²) in [5.74, 6) is -2.60. The van der Waals surface area contributed by atoms with Crippen LogP contribution in [-0.2, 0) is 36.5 Å². The van der Waals surface area contributed by atoms with Gasteiger partial charge in [0.15, 0.2) is 9.84 Å². The molecule has 0 bridgehead atoms. The number of aromatic nitrogens is 2. The van der Waals surface area contributed by atoms with Gasteiger partial charge in [-0.1, -0.05) is 74.5 Å². The van der Waals surface area contributed by atoms with Gasteiger partial charge < -0.3 is 20.4 Å². The molecule has 1 saturated carbocycles. The Morgan fingerprint density at radius 1 is 0.920 bits per heavy atom. The highest BCUT2D eigenvalue weighted by Crippen LogP contribution is 2.54. The van der Waals surface area contributed by atoms with Crippen LogP contribution in [0.4, 0.5) is 0 Å². The Morgan fingerprint density at radius 3 is 2.08 bits per heavy atom. The largest absolute Gasteiger partial charge is 0.357 e. The summed E-state index contributed by atoms with van der Waals surface area (Å²) >= 11 is 0. The molecule has 6 rings (SSSR count). The number of benzene rings is 2. The van der Waals surface area contributed by atoms with Crippen molar-refractivity contribution in [2.75, 3.05) is 33.2 Å². The first kappa shape index (κ1) is 35.3. The summed E-state index contributed by atoms with van der Waals surface area (Å²) in [4.78, 5) is 58.2. The lowest BCUT2D eigenvalue weighted by Crippen LogP contribution is -2.66. The molecule has 13 heteroatoms. The fourth-order valence-corrected chi connectivity index (χ4v) is 8.93. The van der Waals surface area contributed by atoms with Crippen molar-refractivity contribution in [1.82, 2.24) is 30.2 Å². The number of rotatable bonds is 11. The zero-order valence-electron chi connectivity index (χ0n) is 29.3. The average Bonchev–Trinajstić information content (AvgIpc) is 3.37. The van der Waals surface area contributed by atoms with Crippen LogP contribution < -0.4 is 10.6 Å². The Bertz CT molecular complexity index is 1880. The predicted molar refractivity (Wildman–Crippen MR) is 187 cm³/mol. The van der Waals surface area contributed by atoms with Crippen LogP contribution in [0.25, 0.3) is 0 Å². The number of nitrogens with one attached hydrogen (secondary N) is 2. The number of carbonyl (C=O) groups is 4. The highest BCUT2D eigenvalue weighted by Gasteiger charge is 2.62. The number of amides is 4. The van der Waals surface area contributed by atoms with Crippen LogP contribution in [0.1, 0.15) is 55.6 Å². The number of nitrogens with zero attached hydrogens (tertiary/aromatic N) is 4. The van der Waals surface area contributed by atoms with Gasteiger partial charge >= 0.3 is 0 Å². The van der Waals surface area contributed by atoms with E-state index in [-0.39, 0.29) is 55.1 Å². The Hall–Kier alpha value is -4.52. The lowest BCUT2D eigenvalue weighted by atomic mass is 9.70. The van der Waals surface area contributed by atoms with Gasteiger partial charge in [-0.3, -0.25) is 23.9 Å². The van der Waals surface area contributed by atoms with Gasteiger partial charge in [-0.15, -0.1) is 0 Å². The molecule has 3 atom stereocenters. The number of carbonyl (C=O) groups excluding carboxylic acids is 4. The molecule has 3 aliphatic rings. The van der Waals surface area contributed by atoms with Crippen molar-refractivity contribution in [2.45, 2.75) is 57.2 Å². The standard InChI is InChI=1S/C37H46N6O6S/c1-35(2)16-28(35)34(47)42-23-37(24-42)22-41(33(46)27-17-39-43(19-27)18-25-12-8-6-9-13-25)20-29(37)31(44)40-30(32(45)38-5)36(3,4)50(48,49)21-26-14-10-7-11-15-26/h6-15,17,19,28-30H,16,18,20-24H2,1-5H3,(H,38,45)(H,40,44)/t28-,29?,30-/m1/s1. The van der Waals surface area contributed by atoms with Crippen molar-refractivity contribution in [1.29, 1.82) is 0 Å². The van der Waals surface area contributed by atoms with Crippen LogP contribution in [0.2, 0.25) is 0 Å². The number of likely N-dealkylation sites (N-methyl/N-ethyl adjacent to an activating group) is 1. The topological polar surface area (TPSA) is 151 Å². The molecule has 4 amide bonds. The minimum Gasteiger partial charge on any atom is -0.357 e. The van der Waals surface area contributed by atoms with E-state index in [0.29, 0.717) is 17.7 Å². The fourth-order valence-electron chi connectivity index (χ4n) is 7.40. The van der Waals surface area contributed by atoms with Crippen molar-refractivity contribution in [3.63, 3.8) is 0 Å². The molecule has 3 aromatic rings. The first-order valence-electron chi connectivity index (χ1n) is 17.0. The summed E-state index contributed by atoms with van der Waals surface area (Å²) in [6.45, 7) is 8.34. The SMILES string of the molecule is CNC(=O)[C@@H](NC(=O)C1CN(C(=O)c2cnn(Cc3ccccc3)c2)CC12CN(C(=O)[C@H]1CC1(C)C)C2)C(C)(C)S(=O)(=O)Cc1ccccc1. The average molecular weight is 703 g/mol. The number of hydrogen-bond acceptors (Lipinski definition) is 7. The molecule has 1 aromatic heterocycles. The molecule has 50 heavy (non-hydrogen) atoms. The van der Waals surface area contributed by atoms with Crippen LogP contribution in [0.5, 0.6) is 0 Å². The second-order valence-corrected chi connectivity index (χ2v) is 17.9. The maximum atomic E-state index is 14.3. The van der Waals surface area contributed by atoms with E-state index in [4.69, 9.17) is 0 Å². The van der Waals surface area contributed by atoms with Crippen molar-refractivity contribution in [2.24, 2.45) is 22.7 Å². The van der Waals surface area contributed by atoms with E-state index in [1.54, 1.807) is 51.0 Å². The fraction of sp³-hybridized carbons (Fsp3) is 0.486. The first-order chi connectivity index (χ1) is 23.6. The molecule has 0 radical (unpaired) electrons. The summed E-state index contributed by atoms with van der Waals surface area (Å²) in [6, 6.07) is 17.0. The molecular formula is C37H46N6O6S. The molecule has 2 N–H and O–H groups in total. The normalized spacial score (nSPS) is 21.3. The summed E-state index contributed by atoms with van der Waals surface area (Å²) in [5, 5.41) is 9.71. The van der Waals surface area contributed by atoms with Gasteiger partial charge in [0.2, 0.25) is 17.7 Å². The minimum absolute atomic E-state index is 0.0446. The number of sulfone groups is 1. The third-order valence-corrected chi connectivity index (χ3v) is 13.5. The van der Waals surface area contributed by atoms with Gasteiger partial charge in [0.05, 0.1) is 34.7 Å². The molecule has 2 aromatic carbocycles. The second kappa shape index (κ2) is 13.0. The highest BCUT2D eigenvalue weighted by molar-refractivity contribution is 7.92. The highest BCUT2D eigenvalue weighted by atomic mass is 32.2. The van der Waals surface area contributed by atoms with E-state index in [9.17, 15) is 27.6 Å². The van der Waals surface area contributed by atoms with E-state index in [1.807, 2.05) is 30.3 Å². The zero-order chi connectivity index (χ0) is 36.1. The Kier molecular flexibility index (Phi) is 9.17. The van der Waals surface area contributed by atoms with Crippen LogP contribution in [-0.4, -0.2) is 95.6 Å². The van der Waals surface area contributed by atoms with Gasteiger partial charge in [-0.05, 0) is 36.8 Å². The van der Waals surface area contributed by atoms with Gasteiger partial charge in [0.25, 0.3) is 5.91 Å². The van der Waals surface area contributed by atoms with Gasteiger partial charge in [-0.2, -0.15) is 5.10 Å². The van der Waals surface area contributed by atoms with E-state index in [2.05, 4.69) is 29.6 Å². The molecular weight excluding hydrogens is 657 g/mol. The first-order valence-corrected chi connectivity index (χ1v) is 18.6. The monoisotopic (exact) mass is 702 g/mol. The van der Waals surface area contributed by atoms with Crippen LogP contribution in [0.3, 0.4) is 0 Å². The lowest BCUT2D eigenvalue weighted by molar-refractivity contribution is -0.152. The van der Waals surface area contributed by atoms with Crippen LogP contribution in [0.15, 0.2) is 73.1 Å². The minimum atomic E-state index is -3.97. The maximum Gasteiger partial charge on any atom is 0.257 e. The molecule has 12 nitrogen and oxygen atoms in total. The third-order valence-electron chi connectivity index (χ3n) is 10.9. The zero-order valence-corrected chi connectivity index (χ0v) is 30.1.